The summed E-state index contributed by atoms with van der Waals surface area (Å²) in [7, 11) is 0. The fourth-order valence-corrected chi connectivity index (χ4v) is 4.21. The summed E-state index contributed by atoms with van der Waals surface area (Å²) in [4.78, 5) is 17.1. The van der Waals surface area contributed by atoms with Crippen LogP contribution in [0.5, 0.6) is 0 Å². The highest BCUT2D eigenvalue weighted by molar-refractivity contribution is 7.99. The van der Waals surface area contributed by atoms with Crippen LogP contribution in [0.1, 0.15) is 41.6 Å². The molecule has 0 aliphatic carbocycles. The number of rotatable bonds is 3. The van der Waals surface area contributed by atoms with Gasteiger partial charge in [0, 0.05) is 36.7 Å². The number of thioether (sulfide) groups is 1. The van der Waals surface area contributed by atoms with Crippen LogP contribution in [0.3, 0.4) is 0 Å². The lowest BCUT2D eigenvalue weighted by Gasteiger charge is -2.26. The van der Waals surface area contributed by atoms with E-state index < -0.39 is 0 Å². The molecule has 0 N–H and O–H groups in total. The van der Waals surface area contributed by atoms with Gasteiger partial charge in [0.1, 0.15) is 0 Å². The summed E-state index contributed by atoms with van der Waals surface area (Å²) in [5.74, 6) is 2.34. The standard InChI is InChI=1S/C18H26N2OS/c21-18(20-10-12-22-13-11-20)17-7-5-6-16(14-17)15-19-8-3-1-2-4-9-19/h5-7,14H,1-4,8-13,15H2. The zero-order valence-corrected chi connectivity index (χ0v) is 14.1. The maximum absolute atomic E-state index is 12.6. The molecule has 2 heterocycles. The summed E-state index contributed by atoms with van der Waals surface area (Å²) in [5, 5.41) is 0. The Morgan fingerprint density at radius 1 is 1.00 bits per heavy atom. The van der Waals surface area contributed by atoms with Crippen LogP contribution >= 0.6 is 11.8 Å². The minimum Gasteiger partial charge on any atom is -0.337 e. The Balaban J connectivity index is 1.64. The summed E-state index contributed by atoms with van der Waals surface area (Å²) in [5.41, 5.74) is 2.14. The van der Waals surface area contributed by atoms with Gasteiger partial charge < -0.3 is 4.90 Å². The molecule has 0 radical (unpaired) electrons. The van der Waals surface area contributed by atoms with E-state index in [2.05, 4.69) is 17.0 Å². The number of carbonyl (C=O) groups excluding carboxylic acids is 1. The number of hydrogen-bond acceptors (Lipinski definition) is 3. The molecule has 0 saturated carbocycles. The molecule has 0 spiro atoms. The van der Waals surface area contributed by atoms with Crippen LogP contribution in [0.15, 0.2) is 24.3 Å². The summed E-state index contributed by atoms with van der Waals surface area (Å²) in [6.45, 7) is 5.15. The largest absolute Gasteiger partial charge is 0.337 e. The van der Waals surface area contributed by atoms with Crippen LogP contribution in [0.2, 0.25) is 0 Å². The number of amides is 1. The predicted molar refractivity (Wildman–Crippen MR) is 93.4 cm³/mol. The predicted octanol–water partition coefficient (Wildman–Crippen LogP) is 3.25. The number of hydrogen-bond donors (Lipinski definition) is 0. The van der Waals surface area contributed by atoms with Crippen molar-refractivity contribution in [3.05, 3.63) is 35.4 Å². The number of carbonyl (C=O) groups is 1. The van der Waals surface area contributed by atoms with Crippen molar-refractivity contribution in [1.82, 2.24) is 9.80 Å². The van der Waals surface area contributed by atoms with Crippen LogP contribution in [0.25, 0.3) is 0 Å². The molecule has 1 aromatic rings. The highest BCUT2D eigenvalue weighted by Gasteiger charge is 2.18. The smallest absolute Gasteiger partial charge is 0.253 e. The Labute approximate surface area is 138 Å². The van der Waals surface area contributed by atoms with Crippen molar-refractivity contribution in [2.24, 2.45) is 0 Å². The van der Waals surface area contributed by atoms with Crippen molar-refractivity contribution in [3.8, 4) is 0 Å². The maximum Gasteiger partial charge on any atom is 0.253 e. The van der Waals surface area contributed by atoms with Crippen molar-refractivity contribution in [3.63, 3.8) is 0 Å². The van der Waals surface area contributed by atoms with Gasteiger partial charge in [-0.05, 0) is 43.6 Å². The van der Waals surface area contributed by atoms with Gasteiger partial charge >= 0.3 is 0 Å². The normalized spacial score (nSPS) is 20.6. The van der Waals surface area contributed by atoms with E-state index in [0.29, 0.717) is 0 Å². The van der Waals surface area contributed by atoms with E-state index in [9.17, 15) is 4.79 Å². The molecule has 1 amide bonds. The van der Waals surface area contributed by atoms with E-state index in [1.165, 1.54) is 44.3 Å². The topological polar surface area (TPSA) is 23.6 Å². The third-order valence-electron chi connectivity index (χ3n) is 4.58. The molecule has 120 valence electrons. The number of nitrogens with zero attached hydrogens (tertiary/aromatic N) is 2. The number of benzene rings is 1. The summed E-state index contributed by atoms with van der Waals surface area (Å²) < 4.78 is 0. The van der Waals surface area contributed by atoms with Crippen molar-refractivity contribution in [2.45, 2.75) is 32.2 Å². The Morgan fingerprint density at radius 2 is 1.73 bits per heavy atom. The van der Waals surface area contributed by atoms with E-state index in [-0.39, 0.29) is 5.91 Å². The van der Waals surface area contributed by atoms with Crippen LogP contribution in [0, 0.1) is 0 Å². The molecule has 4 heteroatoms. The van der Waals surface area contributed by atoms with Gasteiger partial charge in [-0.15, -0.1) is 0 Å². The van der Waals surface area contributed by atoms with Crippen LogP contribution in [-0.2, 0) is 6.54 Å². The Bertz CT molecular complexity index is 492. The van der Waals surface area contributed by atoms with E-state index in [1.807, 2.05) is 28.8 Å². The summed E-state index contributed by atoms with van der Waals surface area (Å²) in [6.07, 6.45) is 5.35. The molecule has 0 aromatic heterocycles. The second-order valence-electron chi connectivity index (χ2n) is 6.30. The first-order chi connectivity index (χ1) is 10.8. The fourth-order valence-electron chi connectivity index (χ4n) is 3.30. The van der Waals surface area contributed by atoms with Crippen molar-refractivity contribution in [1.29, 1.82) is 0 Å². The first-order valence-electron chi connectivity index (χ1n) is 8.51. The van der Waals surface area contributed by atoms with E-state index in [0.717, 1.165) is 36.7 Å². The molecule has 3 nitrogen and oxygen atoms in total. The summed E-state index contributed by atoms with van der Waals surface area (Å²) in [6, 6.07) is 8.28. The lowest BCUT2D eigenvalue weighted by molar-refractivity contribution is 0.0772. The zero-order chi connectivity index (χ0) is 15.2. The van der Waals surface area contributed by atoms with Crippen molar-refractivity contribution >= 4 is 17.7 Å². The van der Waals surface area contributed by atoms with Gasteiger partial charge in [-0.2, -0.15) is 11.8 Å². The first-order valence-corrected chi connectivity index (χ1v) is 9.67. The SMILES string of the molecule is O=C(c1cccc(CN2CCCCCC2)c1)N1CCSCC1. The Kier molecular flexibility index (Phi) is 5.79. The number of likely N-dealkylation sites (tertiary alicyclic amines) is 1. The molecule has 2 fully saturated rings. The van der Waals surface area contributed by atoms with Gasteiger partial charge in [0.25, 0.3) is 5.91 Å². The Hall–Kier alpha value is -1.000. The second kappa shape index (κ2) is 8.02. The Morgan fingerprint density at radius 3 is 2.45 bits per heavy atom. The highest BCUT2D eigenvalue weighted by atomic mass is 32.2. The lowest BCUT2D eigenvalue weighted by Crippen LogP contribution is -2.37. The fraction of sp³-hybridized carbons (Fsp3) is 0.611. The third kappa shape index (κ3) is 4.26. The molecule has 2 aliphatic rings. The van der Waals surface area contributed by atoms with Gasteiger partial charge in [0.05, 0.1) is 0 Å². The average Bonchev–Trinajstić information content (AvgIpc) is 2.84. The lowest BCUT2D eigenvalue weighted by atomic mass is 10.1. The van der Waals surface area contributed by atoms with Gasteiger partial charge in [-0.1, -0.05) is 25.0 Å². The average molecular weight is 318 g/mol. The zero-order valence-electron chi connectivity index (χ0n) is 13.3. The summed E-state index contributed by atoms with van der Waals surface area (Å²) >= 11 is 1.94. The van der Waals surface area contributed by atoms with Crippen LogP contribution in [-0.4, -0.2) is 53.4 Å². The maximum atomic E-state index is 12.6. The van der Waals surface area contributed by atoms with E-state index >= 15 is 0 Å². The molecule has 3 rings (SSSR count). The van der Waals surface area contributed by atoms with E-state index in [1.54, 1.807) is 0 Å². The highest BCUT2D eigenvalue weighted by Crippen LogP contribution is 2.17. The van der Waals surface area contributed by atoms with Crippen LogP contribution in [0.4, 0.5) is 0 Å². The molecule has 0 bridgehead atoms. The third-order valence-corrected chi connectivity index (χ3v) is 5.52. The second-order valence-corrected chi connectivity index (χ2v) is 7.52. The molecule has 22 heavy (non-hydrogen) atoms. The molecule has 0 unspecified atom stereocenters. The van der Waals surface area contributed by atoms with Gasteiger partial charge in [0.2, 0.25) is 0 Å². The monoisotopic (exact) mass is 318 g/mol. The minimum atomic E-state index is 0.206. The van der Waals surface area contributed by atoms with Crippen molar-refractivity contribution < 1.29 is 4.79 Å². The molecule has 1 aromatic carbocycles. The van der Waals surface area contributed by atoms with Gasteiger partial charge in [-0.25, -0.2) is 0 Å². The van der Waals surface area contributed by atoms with Crippen LogP contribution < -0.4 is 0 Å². The van der Waals surface area contributed by atoms with Crippen molar-refractivity contribution in [2.75, 3.05) is 37.7 Å². The molecular weight excluding hydrogens is 292 g/mol. The van der Waals surface area contributed by atoms with Gasteiger partial charge in [-0.3, -0.25) is 9.69 Å². The minimum absolute atomic E-state index is 0.206. The molecular formula is C18H26N2OS. The molecule has 2 aliphatic heterocycles. The first kappa shape index (κ1) is 15.9. The van der Waals surface area contributed by atoms with E-state index in [4.69, 9.17) is 0 Å². The molecule has 0 atom stereocenters. The van der Waals surface area contributed by atoms with Gasteiger partial charge in [0.15, 0.2) is 0 Å². The quantitative estimate of drug-likeness (QED) is 0.855. The molecule has 2 saturated heterocycles.